The van der Waals surface area contributed by atoms with E-state index in [1.807, 2.05) is 54.6 Å². The number of hydrogen-bond donors (Lipinski definition) is 6. The number of carboxylic acid groups (broad SMARTS) is 1. The van der Waals surface area contributed by atoms with E-state index in [2.05, 4.69) is 21.3 Å². The molecule has 2 aromatic carbocycles. The van der Waals surface area contributed by atoms with E-state index in [-0.39, 0.29) is 25.2 Å². The van der Waals surface area contributed by atoms with Crippen LogP contribution in [0.4, 0.5) is 10.5 Å². The minimum absolute atomic E-state index is 0.0176. The molecule has 1 fully saturated rings. The van der Waals surface area contributed by atoms with Crippen LogP contribution in [0.25, 0.3) is 0 Å². The second kappa shape index (κ2) is 14.6. The van der Waals surface area contributed by atoms with Crippen molar-refractivity contribution in [1.29, 1.82) is 0 Å². The fourth-order valence-corrected chi connectivity index (χ4v) is 5.51. The molecule has 4 atom stereocenters. The van der Waals surface area contributed by atoms with Crippen molar-refractivity contribution in [3.8, 4) is 0 Å². The number of fused-ring (bicyclic) bond motifs is 1. The van der Waals surface area contributed by atoms with Crippen molar-refractivity contribution in [2.24, 2.45) is 10.9 Å². The third-order valence-corrected chi connectivity index (χ3v) is 7.76. The second-order valence-electron chi connectivity index (χ2n) is 10.9. The number of nitrogens with zero attached hydrogens (tertiary/aromatic N) is 1. The molecule has 1 heterocycles. The Bertz CT molecular complexity index is 1290. The summed E-state index contributed by atoms with van der Waals surface area (Å²) in [5, 5.41) is 30.3. The summed E-state index contributed by atoms with van der Waals surface area (Å²) in [4.78, 5) is 54.7. The minimum atomic E-state index is -1.27. The molecule has 42 heavy (non-hydrogen) atoms. The van der Waals surface area contributed by atoms with E-state index in [0.717, 1.165) is 42.5 Å². The molecule has 0 unspecified atom stereocenters. The molecule has 2 aromatic rings. The third kappa shape index (κ3) is 8.39. The molecule has 0 radical (unpaired) electrons. The average molecular weight is 578 g/mol. The maximum Gasteiger partial charge on any atom is 0.404 e. The Labute approximate surface area is 245 Å². The van der Waals surface area contributed by atoms with E-state index in [0.29, 0.717) is 5.69 Å². The average Bonchev–Trinajstić information content (AvgIpc) is 3.12. The van der Waals surface area contributed by atoms with Crippen molar-refractivity contribution in [3.05, 3.63) is 65.7 Å². The Morgan fingerprint density at radius 1 is 1.00 bits per heavy atom. The fourth-order valence-electron chi connectivity index (χ4n) is 5.51. The van der Waals surface area contributed by atoms with Crippen LogP contribution in [0, 0.1) is 5.92 Å². The molecule has 11 heteroatoms. The Balaban J connectivity index is 1.34. The summed E-state index contributed by atoms with van der Waals surface area (Å²) in [5.74, 6) is -1.33. The summed E-state index contributed by atoms with van der Waals surface area (Å²) >= 11 is 0. The number of aliphatic imine (C=N–C) groups is 1. The molecular formula is C31H39N5O6. The highest BCUT2D eigenvalue weighted by Gasteiger charge is 2.31. The first-order valence-electron chi connectivity index (χ1n) is 14.5. The smallest absolute Gasteiger partial charge is 0.404 e. The highest BCUT2D eigenvalue weighted by Crippen LogP contribution is 2.31. The normalized spacial score (nSPS) is 19.1. The lowest BCUT2D eigenvalue weighted by Gasteiger charge is -2.25. The van der Waals surface area contributed by atoms with E-state index in [4.69, 9.17) is 4.99 Å². The van der Waals surface area contributed by atoms with Crippen LogP contribution in [0.2, 0.25) is 0 Å². The summed E-state index contributed by atoms with van der Waals surface area (Å²) in [6, 6.07) is 14.8. The molecule has 4 amide bonds. The number of aliphatic hydroxyl groups is 1. The lowest BCUT2D eigenvalue weighted by Crippen LogP contribution is -2.51. The number of hydrogen-bond acceptors (Lipinski definition) is 6. The van der Waals surface area contributed by atoms with Crippen molar-refractivity contribution in [1.82, 2.24) is 16.0 Å². The number of nitrogens with one attached hydrogen (secondary N) is 4. The van der Waals surface area contributed by atoms with E-state index in [9.17, 15) is 29.4 Å². The third-order valence-electron chi connectivity index (χ3n) is 7.76. The minimum Gasteiger partial charge on any atom is -0.465 e. The van der Waals surface area contributed by atoms with E-state index < -0.39 is 48.2 Å². The second-order valence-corrected chi connectivity index (χ2v) is 10.9. The van der Waals surface area contributed by atoms with Crippen LogP contribution in [0.15, 0.2) is 59.6 Å². The maximum absolute atomic E-state index is 13.0. The number of anilines is 1. The molecule has 2 aliphatic rings. The molecule has 0 bridgehead atoms. The first kappa shape index (κ1) is 30.7. The monoisotopic (exact) mass is 577 g/mol. The van der Waals surface area contributed by atoms with Crippen LogP contribution in [0.5, 0.6) is 0 Å². The van der Waals surface area contributed by atoms with Crippen LogP contribution in [-0.4, -0.2) is 64.1 Å². The Kier molecular flexibility index (Phi) is 10.7. The lowest BCUT2D eigenvalue weighted by molar-refractivity contribution is -0.130. The Hall–Kier alpha value is -4.25. The van der Waals surface area contributed by atoms with Crippen LogP contribution >= 0.6 is 0 Å². The quantitative estimate of drug-likeness (QED) is 0.240. The fraction of sp³-hybridized carbons (Fsp3) is 0.452. The molecular weight excluding hydrogens is 538 g/mol. The molecule has 1 aliphatic heterocycles. The molecule has 0 saturated heterocycles. The van der Waals surface area contributed by atoms with Gasteiger partial charge in [-0.05, 0) is 44.2 Å². The molecule has 4 rings (SSSR count). The number of aliphatic hydroxyl groups excluding tert-OH is 1. The zero-order valence-corrected chi connectivity index (χ0v) is 23.7. The predicted octanol–water partition coefficient (Wildman–Crippen LogP) is 2.98. The molecule has 1 saturated carbocycles. The molecule has 1 aliphatic carbocycles. The van der Waals surface area contributed by atoms with Crippen molar-refractivity contribution < 1.29 is 29.4 Å². The molecule has 0 aromatic heterocycles. The number of amides is 4. The first-order valence-corrected chi connectivity index (χ1v) is 14.5. The van der Waals surface area contributed by atoms with Gasteiger partial charge in [-0.25, -0.2) is 4.79 Å². The van der Waals surface area contributed by atoms with Crippen LogP contribution in [-0.2, 0) is 20.8 Å². The van der Waals surface area contributed by atoms with Gasteiger partial charge in [-0.1, -0.05) is 67.8 Å². The van der Waals surface area contributed by atoms with Crippen LogP contribution in [0.1, 0.15) is 63.0 Å². The van der Waals surface area contributed by atoms with Gasteiger partial charge < -0.3 is 31.5 Å². The SMILES string of the molecule is C[C@H](NC(=O)CC[C@@H](O)[C@H](Cc1ccccc1)NC(=O)O)C(=O)N[C@@H]1N=C(C2CCCCC2)c2ccccc2NC1=O. The number of carbonyl (C=O) groups is 4. The summed E-state index contributed by atoms with van der Waals surface area (Å²) < 4.78 is 0. The van der Waals surface area contributed by atoms with Gasteiger partial charge in [0.25, 0.3) is 5.91 Å². The molecule has 224 valence electrons. The van der Waals surface area contributed by atoms with Gasteiger partial charge in [-0.2, -0.15) is 0 Å². The summed E-state index contributed by atoms with van der Waals surface area (Å²) in [7, 11) is 0. The highest BCUT2D eigenvalue weighted by molar-refractivity contribution is 6.13. The summed E-state index contributed by atoms with van der Waals surface area (Å²) in [5.41, 5.74) is 3.16. The number of rotatable bonds is 11. The predicted molar refractivity (Wildman–Crippen MR) is 158 cm³/mol. The standard InChI is InChI=1S/C31H39N5O6/c1-19(32-26(38)17-16-25(37)24(34-31(41)42)18-20-10-4-2-5-11-20)29(39)36-28-30(40)33-23-15-9-8-14-22(23)27(35-28)21-12-6-3-7-13-21/h2,4-5,8-11,14-15,19,21,24-25,28,34,37H,3,6-7,12-13,16-18H2,1H3,(H,32,38)(H,33,40)(H,36,39)(H,41,42)/t19-,24-,25+,28-/m0/s1. The van der Waals surface area contributed by atoms with Gasteiger partial charge in [0.15, 0.2) is 0 Å². The van der Waals surface area contributed by atoms with Gasteiger partial charge in [0.2, 0.25) is 18.0 Å². The highest BCUT2D eigenvalue weighted by atomic mass is 16.4. The van der Waals surface area contributed by atoms with Gasteiger partial charge in [0.05, 0.1) is 17.9 Å². The number of para-hydroxylation sites is 1. The first-order chi connectivity index (χ1) is 20.2. The van der Waals surface area contributed by atoms with Crippen LogP contribution in [0.3, 0.4) is 0 Å². The van der Waals surface area contributed by atoms with Gasteiger partial charge in [-0.15, -0.1) is 0 Å². The summed E-state index contributed by atoms with van der Waals surface area (Å²) in [6.45, 7) is 1.50. The zero-order valence-electron chi connectivity index (χ0n) is 23.7. The van der Waals surface area contributed by atoms with Gasteiger partial charge in [0.1, 0.15) is 6.04 Å². The molecule has 6 N–H and O–H groups in total. The largest absolute Gasteiger partial charge is 0.465 e. The van der Waals surface area contributed by atoms with E-state index >= 15 is 0 Å². The van der Waals surface area contributed by atoms with Gasteiger partial charge >= 0.3 is 6.09 Å². The maximum atomic E-state index is 13.0. The zero-order chi connectivity index (χ0) is 30.1. The number of benzene rings is 2. The van der Waals surface area contributed by atoms with E-state index in [1.165, 1.54) is 13.3 Å². The Morgan fingerprint density at radius 3 is 2.40 bits per heavy atom. The summed E-state index contributed by atoms with van der Waals surface area (Å²) in [6.07, 6.45) is 1.83. The van der Waals surface area contributed by atoms with Crippen molar-refractivity contribution >= 4 is 35.2 Å². The molecule has 11 nitrogen and oxygen atoms in total. The van der Waals surface area contributed by atoms with Crippen molar-refractivity contribution in [3.63, 3.8) is 0 Å². The Morgan fingerprint density at radius 2 is 1.69 bits per heavy atom. The lowest BCUT2D eigenvalue weighted by atomic mass is 9.83. The topological polar surface area (TPSA) is 169 Å². The number of carbonyl (C=O) groups excluding carboxylic acids is 3. The van der Waals surface area contributed by atoms with Crippen LogP contribution < -0.4 is 21.3 Å². The number of benzodiazepines with no additional fused rings is 1. The van der Waals surface area contributed by atoms with Crippen molar-refractivity contribution in [2.45, 2.75) is 82.6 Å². The van der Waals surface area contributed by atoms with Gasteiger partial charge in [-0.3, -0.25) is 19.4 Å². The van der Waals surface area contributed by atoms with Crippen molar-refractivity contribution in [2.75, 3.05) is 5.32 Å². The van der Waals surface area contributed by atoms with E-state index in [1.54, 1.807) is 0 Å². The molecule has 0 spiro atoms. The van der Waals surface area contributed by atoms with Gasteiger partial charge in [0, 0.05) is 23.6 Å².